The molecule has 2 aromatic rings. The molecule has 0 heterocycles. The van der Waals surface area contributed by atoms with Gasteiger partial charge in [-0.05, 0) is 47.7 Å². The standard InChI is InChI=1S/C19H27N/c1-5-14(3)13-18(20-6-2)19-15(4)11-12-16-9-7-8-10-17(16)19/h7-12,14,18,20H,5-6,13H2,1-4H3. The van der Waals surface area contributed by atoms with Crippen molar-refractivity contribution in [3.63, 3.8) is 0 Å². The lowest BCUT2D eigenvalue weighted by Crippen LogP contribution is -2.24. The van der Waals surface area contributed by atoms with E-state index in [1.54, 1.807) is 0 Å². The van der Waals surface area contributed by atoms with E-state index in [1.807, 2.05) is 0 Å². The van der Waals surface area contributed by atoms with Crippen molar-refractivity contribution in [1.82, 2.24) is 5.32 Å². The summed E-state index contributed by atoms with van der Waals surface area (Å²) in [6.07, 6.45) is 2.45. The van der Waals surface area contributed by atoms with Crippen LogP contribution in [-0.2, 0) is 0 Å². The van der Waals surface area contributed by atoms with Gasteiger partial charge in [0, 0.05) is 6.04 Å². The third-order valence-electron chi connectivity index (χ3n) is 4.32. The Hall–Kier alpha value is -1.34. The molecular formula is C19H27N. The summed E-state index contributed by atoms with van der Waals surface area (Å²) in [6, 6.07) is 13.7. The molecule has 0 aliphatic heterocycles. The minimum absolute atomic E-state index is 0.459. The maximum atomic E-state index is 3.70. The molecule has 0 radical (unpaired) electrons. The van der Waals surface area contributed by atoms with E-state index in [2.05, 4.69) is 69.4 Å². The average molecular weight is 269 g/mol. The highest BCUT2D eigenvalue weighted by molar-refractivity contribution is 5.87. The van der Waals surface area contributed by atoms with Crippen LogP contribution in [0.3, 0.4) is 0 Å². The molecule has 0 spiro atoms. The number of hydrogen-bond donors (Lipinski definition) is 1. The molecule has 0 saturated carbocycles. The fourth-order valence-electron chi connectivity index (χ4n) is 2.99. The first-order valence-corrected chi connectivity index (χ1v) is 7.89. The van der Waals surface area contributed by atoms with E-state index in [0.717, 1.165) is 12.5 Å². The molecule has 0 amide bonds. The first kappa shape index (κ1) is 15.1. The second-order valence-electron chi connectivity index (χ2n) is 5.88. The number of rotatable bonds is 6. The largest absolute Gasteiger partial charge is 0.310 e. The third kappa shape index (κ3) is 3.21. The summed E-state index contributed by atoms with van der Waals surface area (Å²) in [5.74, 6) is 0.748. The molecule has 2 unspecified atom stereocenters. The van der Waals surface area contributed by atoms with Crippen molar-refractivity contribution in [2.24, 2.45) is 5.92 Å². The molecule has 1 N–H and O–H groups in total. The molecule has 0 fully saturated rings. The lowest BCUT2D eigenvalue weighted by atomic mass is 9.88. The summed E-state index contributed by atoms with van der Waals surface area (Å²) in [4.78, 5) is 0. The maximum Gasteiger partial charge on any atom is 0.0331 e. The van der Waals surface area contributed by atoms with Crippen LogP contribution in [0.15, 0.2) is 36.4 Å². The Kier molecular flexibility index (Phi) is 5.19. The predicted octanol–water partition coefficient (Wildman–Crippen LogP) is 5.24. The number of fused-ring (bicyclic) bond motifs is 1. The molecule has 0 bridgehead atoms. The van der Waals surface area contributed by atoms with E-state index in [4.69, 9.17) is 0 Å². The highest BCUT2D eigenvalue weighted by Crippen LogP contribution is 2.31. The summed E-state index contributed by atoms with van der Waals surface area (Å²) in [5.41, 5.74) is 2.89. The van der Waals surface area contributed by atoms with Crippen LogP contribution >= 0.6 is 0 Å². The molecule has 0 saturated heterocycles. The van der Waals surface area contributed by atoms with Gasteiger partial charge in [-0.2, -0.15) is 0 Å². The van der Waals surface area contributed by atoms with Gasteiger partial charge in [0.2, 0.25) is 0 Å². The first-order chi connectivity index (χ1) is 9.67. The molecular weight excluding hydrogens is 242 g/mol. The molecule has 1 heteroatoms. The highest BCUT2D eigenvalue weighted by atomic mass is 14.9. The second kappa shape index (κ2) is 6.90. The van der Waals surface area contributed by atoms with Crippen LogP contribution in [0, 0.1) is 12.8 Å². The lowest BCUT2D eigenvalue weighted by Gasteiger charge is -2.25. The van der Waals surface area contributed by atoms with Crippen molar-refractivity contribution in [3.8, 4) is 0 Å². The fourth-order valence-corrected chi connectivity index (χ4v) is 2.99. The van der Waals surface area contributed by atoms with E-state index in [1.165, 1.54) is 34.7 Å². The molecule has 0 aliphatic rings. The van der Waals surface area contributed by atoms with Gasteiger partial charge in [-0.3, -0.25) is 0 Å². The zero-order valence-electron chi connectivity index (χ0n) is 13.2. The van der Waals surface area contributed by atoms with Crippen LogP contribution in [0.1, 0.15) is 50.8 Å². The van der Waals surface area contributed by atoms with Crippen molar-refractivity contribution in [3.05, 3.63) is 47.5 Å². The van der Waals surface area contributed by atoms with E-state index in [9.17, 15) is 0 Å². The zero-order chi connectivity index (χ0) is 14.5. The van der Waals surface area contributed by atoms with Crippen LogP contribution in [0.25, 0.3) is 10.8 Å². The van der Waals surface area contributed by atoms with E-state index >= 15 is 0 Å². The molecule has 2 atom stereocenters. The van der Waals surface area contributed by atoms with Gasteiger partial charge in [0.15, 0.2) is 0 Å². The van der Waals surface area contributed by atoms with Gasteiger partial charge in [-0.1, -0.05) is 63.6 Å². The number of benzene rings is 2. The van der Waals surface area contributed by atoms with E-state index in [-0.39, 0.29) is 0 Å². The highest BCUT2D eigenvalue weighted by Gasteiger charge is 2.18. The van der Waals surface area contributed by atoms with Crippen molar-refractivity contribution in [2.45, 2.75) is 46.6 Å². The first-order valence-electron chi connectivity index (χ1n) is 7.89. The summed E-state index contributed by atoms with van der Waals surface area (Å²) in [6.45, 7) is 10.1. The van der Waals surface area contributed by atoms with E-state index in [0.29, 0.717) is 6.04 Å². The number of aryl methyl sites for hydroxylation is 1. The predicted molar refractivity (Wildman–Crippen MR) is 89.2 cm³/mol. The quantitative estimate of drug-likeness (QED) is 0.756. The van der Waals surface area contributed by atoms with Crippen LogP contribution in [0.5, 0.6) is 0 Å². The zero-order valence-corrected chi connectivity index (χ0v) is 13.2. The summed E-state index contributed by atoms with van der Waals surface area (Å²) in [5, 5.41) is 6.45. The Bertz CT molecular complexity index is 559. The molecule has 2 aromatic carbocycles. The molecule has 108 valence electrons. The second-order valence-corrected chi connectivity index (χ2v) is 5.88. The minimum atomic E-state index is 0.459. The molecule has 0 aliphatic carbocycles. The van der Waals surface area contributed by atoms with E-state index < -0.39 is 0 Å². The smallest absolute Gasteiger partial charge is 0.0331 e. The molecule has 2 rings (SSSR count). The fraction of sp³-hybridized carbons (Fsp3) is 0.474. The van der Waals surface area contributed by atoms with Crippen LogP contribution in [-0.4, -0.2) is 6.54 Å². The molecule has 1 nitrogen and oxygen atoms in total. The van der Waals surface area contributed by atoms with Crippen molar-refractivity contribution >= 4 is 10.8 Å². The van der Waals surface area contributed by atoms with Gasteiger partial charge in [-0.25, -0.2) is 0 Å². The summed E-state index contributed by atoms with van der Waals surface area (Å²) in [7, 11) is 0. The Morgan fingerprint density at radius 3 is 2.50 bits per heavy atom. The topological polar surface area (TPSA) is 12.0 Å². The monoisotopic (exact) mass is 269 g/mol. The Balaban J connectivity index is 2.48. The van der Waals surface area contributed by atoms with Gasteiger partial charge < -0.3 is 5.32 Å². The van der Waals surface area contributed by atoms with Gasteiger partial charge in [0.1, 0.15) is 0 Å². The summed E-state index contributed by atoms with van der Waals surface area (Å²) >= 11 is 0. The van der Waals surface area contributed by atoms with Crippen molar-refractivity contribution < 1.29 is 0 Å². The van der Waals surface area contributed by atoms with Crippen LogP contribution in [0.4, 0.5) is 0 Å². The molecule has 20 heavy (non-hydrogen) atoms. The average Bonchev–Trinajstić information content (AvgIpc) is 2.46. The van der Waals surface area contributed by atoms with Gasteiger partial charge in [0.05, 0.1) is 0 Å². The Labute approximate surface area is 123 Å². The minimum Gasteiger partial charge on any atom is -0.310 e. The van der Waals surface area contributed by atoms with Crippen LogP contribution in [0.2, 0.25) is 0 Å². The van der Waals surface area contributed by atoms with Gasteiger partial charge in [-0.15, -0.1) is 0 Å². The Morgan fingerprint density at radius 1 is 1.05 bits per heavy atom. The summed E-state index contributed by atoms with van der Waals surface area (Å²) < 4.78 is 0. The maximum absolute atomic E-state index is 3.70. The lowest BCUT2D eigenvalue weighted by molar-refractivity contribution is 0.409. The Morgan fingerprint density at radius 2 is 1.80 bits per heavy atom. The van der Waals surface area contributed by atoms with Crippen molar-refractivity contribution in [1.29, 1.82) is 0 Å². The van der Waals surface area contributed by atoms with Gasteiger partial charge >= 0.3 is 0 Å². The van der Waals surface area contributed by atoms with Gasteiger partial charge in [0.25, 0.3) is 0 Å². The van der Waals surface area contributed by atoms with Crippen LogP contribution < -0.4 is 5.32 Å². The number of hydrogen-bond acceptors (Lipinski definition) is 1. The molecule has 0 aromatic heterocycles. The SMILES string of the molecule is CCNC(CC(C)CC)c1c(C)ccc2ccccc12. The number of nitrogens with one attached hydrogen (secondary N) is 1. The third-order valence-corrected chi connectivity index (χ3v) is 4.32. The normalized spacial score (nSPS) is 14.4. The van der Waals surface area contributed by atoms with Crippen molar-refractivity contribution in [2.75, 3.05) is 6.54 Å².